The molecule has 1 unspecified atom stereocenters. The zero-order valence-electron chi connectivity index (χ0n) is 10.2. The van der Waals surface area contributed by atoms with Crippen LogP contribution in [0.4, 0.5) is 0 Å². The van der Waals surface area contributed by atoms with Crippen molar-refractivity contribution in [3.05, 3.63) is 0 Å². The monoisotopic (exact) mass is 231 g/mol. The Bertz CT molecular complexity index is 219. The van der Waals surface area contributed by atoms with Crippen LogP contribution in [0.15, 0.2) is 0 Å². The van der Waals surface area contributed by atoms with Crippen molar-refractivity contribution in [2.75, 3.05) is 32.9 Å². The Hall–Kier alpha value is -0.650. The first-order chi connectivity index (χ1) is 7.47. The lowest BCUT2D eigenvalue weighted by Gasteiger charge is -2.23. The van der Waals surface area contributed by atoms with Gasteiger partial charge in [0, 0.05) is 6.54 Å². The Kier molecular flexibility index (Phi) is 5.18. The predicted molar refractivity (Wildman–Crippen MR) is 59.3 cm³/mol. The van der Waals surface area contributed by atoms with E-state index in [1.165, 1.54) is 0 Å². The Balaban J connectivity index is 2.08. The lowest BCUT2D eigenvalue weighted by molar-refractivity contribution is -0.153. The van der Waals surface area contributed by atoms with Crippen LogP contribution in [-0.2, 0) is 19.0 Å². The minimum Gasteiger partial charge on any atom is -0.459 e. The lowest BCUT2D eigenvalue weighted by atomic mass is 10.2. The summed E-state index contributed by atoms with van der Waals surface area (Å²) in [5.74, 6) is -0.246. The van der Waals surface area contributed by atoms with Crippen LogP contribution >= 0.6 is 0 Å². The van der Waals surface area contributed by atoms with Crippen LogP contribution in [-0.4, -0.2) is 50.6 Å². The molecule has 1 aliphatic heterocycles. The molecule has 0 amide bonds. The molecule has 5 heteroatoms. The largest absolute Gasteiger partial charge is 0.459 e. The second kappa shape index (κ2) is 6.18. The van der Waals surface area contributed by atoms with Crippen LogP contribution in [0.1, 0.15) is 20.8 Å². The quantitative estimate of drug-likeness (QED) is 0.707. The maximum atomic E-state index is 11.3. The first kappa shape index (κ1) is 13.4. The van der Waals surface area contributed by atoms with Gasteiger partial charge in [0.25, 0.3) is 0 Å². The predicted octanol–water partition coefficient (Wildman–Crippen LogP) is 0.333. The van der Waals surface area contributed by atoms with Gasteiger partial charge in [-0.2, -0.15) is 0 Å². The van der Waals surface area contributed by atoms with Gasteiger partial charge in [-0.3, -0.25) is 4.79 Å². The third-order valence-corrected chi connectivity index (χ3v) is 1.95. The highest BCUT2D eigenvalue weighted by atomic mass is 16.6. The number of carbonyl (C=O) groups is 1. The topological polar surface area (TPSA) is 56.8 Å². The Labute approximate surface area is 96.4 Å². The highest BCUT2D eigenvalue weighted by Crippen LogP contribution is 2.06. The van der Waals surface area contributed by atoms with Gasteiger partial charge in [0.1, 0.15) is 5.60 Å². The van der Waals surface area contributed by atoms with Crippen molar-refractivity contribution in [3.63, 3.8) is 0 Å². The molecule has 5 nitrogen and oxygen atoms in total. The van der Waals surface area contributed by atoms with E-state index in [0.29, 0.717) is 26.4 Å². The minimum absolute atomic E-state index is 0.0381. The molecule has 0 spiro atoms. The lowest BCUT2D eigenvalue weighted by Crippen LogP contribution is -2.40. The number of nitrogens with one attached hydrogen (secondary N) is 1. The number of hydrogen-bond acceptors (Lipinski definition) is 5. The van der Waals surface area contributed by atoms with Crippen molar-refractivity contribution < 1.29 is 19.0 Å². The van der Waals surface area contributed by atoms with E-state index in [2.05, 4.69) is 5.32 Å². The summed E-state index contributed by atoms with van der Waals surface area (Å²) in [7, 11) is 0. The molecule has 1 fully saturated rings. The van der Waals surface area contributed by atoms with E-state index in [1.54, 1.807) is 0 Å². The smallest absolute Gasteiger partial charge is 0.320 e. The average molecular weight is 231 g/mol. The Morgan fingerprint density at radius 3 is 2.75 bits per heavy atom. The fraction of sp³-hybridized carbons (Fsp3) is 0.909. The molecule has 16 heavy (non-hydrogen) atoms. The molecule has 0 aliphatic carbocycles. The Morgan fingerprint density at radius 2 is 2.19 bits per heavy atom. The molecule has 1 N–H and O–H groups in total. The molecule has 0 saturated carbocycles. The van der Waals surface area contributed by atoms with Gasteiger partial charge in [-0.15, -0.1) is 0 Å². The molecule has 1 heterocycles. The summed E-state index contributed by atoms with van der Waals surface area (Å²) >= 11 is 0. The highest BCUT2D eigenvalue weighted by molar-refractivity contribution is 5.72. The second-order valence-corrected chi connectivity index (χ2v) is 4.79. The number of esters is 1. The van der Waals surface area contributed by atoms with E-state index in [-0.39, 0.29) is 18.6 Å². The van der Waals surface area contributed by atoms with Crippen molar-refractivity contribution in [3.8, 4) is 0 Å². The zero-order valence-corrected chi connectivity index (χ0v) is 10.2. The van der Waals surface area contributed by atoms with Crippen molar-refractivity contribution >= 4 is 5.97 Å². The fourth-order valence-electron chi connectivity index (χ4n) is 1.37. The fourth-order valence-corrected chi connectivity index (χ4v) is 1.37. The van der Waals surface area contributed by atoms with E-state index in [1.807, 2.05) is 20.8 Å². The van der Waals surface area contributed by atoms with Crippen molar-refractivity contribution in [1.29, 1.82) is 0 Å². The molecule has 0 aromatic carbocycles. The standard InChI is InChI=1S/C11H21NO4/c1-11(2,3)16-10(13)7-12-6-9-8-14-4-5-15-9/h9,12H,4-8H2,1-3H3. The summed E-state index contributed by atoms with van der Waals surface area (Å²) in [6, 6.07) is 0. The zero-order chi connectivity index (χ0) is 12.0. The summed E-state index contributed by atoms with van der Waals surface area (Å²) in [6.07, 6.45) is 0.0381. The highest BCUT2D eigenvalue weighted by Gasteiger charge is 2.17. The number of rotatable bonds is 4. The van der Waals surface area contributed by atoms with Crippen molar-refractivity contribution in [1.82, 2.24) is 5.32 Å². The number of hydrogen-bond donors (Lipinski definition) is 1. The van der Waals surface area contributed by atoms with Gasteiger partial charge in [-0.05, 0) is 20.8 Å². The molecule has 0 radical (unpaired) electrons. The first-order valence-electron chi connectivity index (χ1n) is 5.59. The molecule has 1 aliphatic rings. The van der Waals surface area contributed by atoms with Gasteiger partial charge in [-0.1, -0.05) is 0 Å². The van der Waals surface area contributed by atoms with Crippen LogP contribution in [0.2, 0.25) is 0 Å². The van der Waals surface area contributed by atoms with Crippen LogP contribution in [0.25, 0.3) is 0 Å². The maximum absolute atomic E-state index is 11.3. The van der Waals surface area contributed by atoms with Gasteiger partial charge in [0.05, 0.1) is 32.5 Å². The van der Waals surface area contributed by atoms with Crippen LogP contribution in [0, 0.1) is 0 Å². The van der Waals surface area contributed by atoms with E-state index in [0.717, 1.165) is 0 Å². The molecule has 0 bridgehead atoms. The molecule has 94 valence electrons. The van der Waals surface area contributed by atoms with E-state index >= 15 is 0 Å². The molecule has 0 aromatic rings. The summed E-state index contributed by atoms with van der Waals surface area (Å²) in [4.78, 5) is 11.3. The maximum Gasteiger partial charge on any atom is 0.320 e. The molecular formula is C11H21NO4. The van der Waals surface area contributed by atoms with Crippen molar-refractivity contribution in [2.24, 2.45) is 0 Å². The summed E-state index contributed by atoms with van der Waals surface area (Å²) < 4.78 is 15.8. The molecule has 1 atom stereocenters. The second-order valence-electron chi connectivity index (χ2n) is 4.79. The van der Waals surface area contributed by atoms with Gasteiger partial charge in [0.2, 0.25) is 0 Å². The summed E-state index contributed by atoms with van der Waals surface area (Å²) in [5.41, 5.74) is -0.427. The van der Waals surface area contributed by atoms with E-state index < -0.39 is 5.60 Å². The summed E-state index contributed by atoms with van der Waals surface area (Å²) in [6.45, 7) is 8.23. The molecular weight excluding hydrogens is 210 g/mol. The normalized spacial score (nSPS) is 21.8. The number of ether oxygens (including phenoxy) is 3. The summed E-state index contributed by atoms with van der Waals surface area (Å²) in [5, 5.41) is 3.00. The van der Waals surface area contributed by atoms with Crippen LogP contribution in [0.5, 0.6) is 0 Å². The minimum atomic E-state index is -0.427. The third-order valence-electron chi connectivity index (χ3n) is 1.95. The Morgan fingerprint density at radius 1 is 1.44 bits per heavy atom. The van der Waals surface area contributed by atoms with Crippen molar-refractivity contribution in [2.45, 2.75) is 32.5 Å². The number of carbonyl (C=O) groups excluding carboxylic acids is 1. The van der Waals surface area contributed by atoms with E-state index in [9.17, 15) is 4.79 Å². The van der Waals surface area contributed by atoms with Gasteiger partial charge in [0.15, 0.2) is 0 Å². The first-order valence-corrected chi connectivity index (χ1v) is 5.59. The molecule has 1 rings (SSSR count). The van der Waals surface area contributed by atoms with Gasteiger partial charge < -0.3 is 19.5 Å². The molecule has 1 saturated heterocycles. The third kappa shape index (κ3) is 6.05. The van der Waals surface area contributed by atoms with Gasteiger partial charge >= 0.3 is 5.97 Å². The molecule has 0 aromatic heterocycles. The average Bonchev–Trinajstić information content (AvgIpc) is 2.16. The van der Waals surface area contributed by atoms with Gasteiger partial charge in [-0.25, -0.2) is 0 Å². The van der Waals surface area contributed by atoms with Crippen LogP contribution < -0.4 is 5.32 Å². The van der Waals surface area contributed by atoms with E-state index in [4.69, 9.17) is 14.2 Å². The van der Waals surface area contributed by atoms with Crippen LogP contribution in [0.3, 0.4) is 0 Å². The SMILES string of the molecule is CC(C)(C)OC(=O)CNCC1COCCO1.